The molecule has 0 spiro atoms. The van der Waals surface area contributed by atoms with Crippen molar-refractivity contribution in [2.75, 3.05) is 0 Å². The van der Waals surface area contributed by atoms with Gasteiger partial charge in [-0.1, -0.05) is 39.5 Å². The Morgan fingerprint density at radius 2 is 1.83 bits per heavy atom. The van der Waals surface area contributed by atoms with Gasteiger partial charge in [-0.05, 0) is 33.3 Å². The van der Waals surface area contributed by atoms with E-state index in [1.807, 2.05) is 0 Å². The van der Waals surface area contributed by atoms with Crippen LogP contribution in [-0.2, 0) is 19.1 Å². The highest BCUT2D eigenvalue weighted by Crippen LogP contribution is 2.32. The minimum absolute atomic E-state index is 0.537. The third-order valence-corrected chi connectivity index (χ3v) is 5.88. The Balaban J connectivity index is 2.88. The lowest BCUT2D eigenvalue weighted by Crippen LogP contribution is -2.57. The molecule has 1 saturated heterocycles. The number of cyclic esters (lactones) is 1. The van der Waals surface area contributed by atoms with Gasteiger partial charge >= 0.3 is 11.9 Å². The van der Waals surface area contributed by atoms with Gasteiger partial charge in [0, 0.05) is 12.0 Å². The Morgan fingerprint density at radius 1 is 1.20 bits per heavy atom. The first-order valence-electron chi connectivity index (χ1n) is 10.8. The average molecular weight is 431 g/mol. The third kappa shape index (κ3) is 7.04. The molecule has 0 saturated carbocycles. The van der Waals surface area contributed by atoms with Gasteiger partial charge < -0.3 is 29.9 Å². The number of carbonyl (C=O) groups excluding carboxylic acids is 2. The van der Waals surface area contributed by atoms with E-state index in [-0.39, 0.29) is 0 Å². The molecule has 4 N–H and O–H groups in total. The summed E-state index contributed by atoms with van der Waals surface area (Å²) >= 11 is 0. The van der Waals surface area contributed by atoms with Crippen LogP contribution < -0.4 is 0 Å². The zero-order valence-electron chi connectivity index (χ0n) is 18.7. The Morgan fingerprint density at radius 3 is 2.43 bits per heavy atom. The van der Waals surface area contributed by atoms with E-state index >= 15 is 0 Å². The molecule has 0 aliphatic carbocycles. The number of ether oxygens (including phenoxy) is 2. The fraction of sp³-hybridized carbons (Fsp3) is 0.818. The summed E-state index contributed by atoms with van der Waals surface area (Å²) in [6, 6.07) is 0. The molecule has 0 aromatic heterocycles. The molecule has 30 heavy (non-hydrogen) atoms. The van der Waals surface area contributed by atoms with Crippen LogP contribution in [0.5, 0.6) is 0 Å². The molecule has 0 amide bonds. The second kappa shape index (κ2) is 11.8. The van der Waals surface area contributed by atoms with Crippen molar-refractivity contribution in [2.24, 2.45) is 11.8 Å². The number of rotatable bonds is 8. The van der Waals surface area contributed by atoms with Crippen LogP contribution in [0.3, 0.4) is 0 Å². The van der Waals surface area contributed by atoms with E-state index in [0.717, 1.165) is 31.8 Å². The summed E-state index contributed by atoms with van der Waals surface area (Å²) in [6.07, 6.45) is 1.24. The predicted octanol–water partition coefficient (Wildman–Crippen LogP) is 1.48. The summed E-state index contributed by atoms with van der Waals surface area (Å²) in [5.74, 6) is -3.46. The van der Waals surface area contributed by atoms with Crippen LogP contribution in [0.25, 0.3) is 0 Å². The number of aliphatic hydroxyl groups is 4. The number of esters is 2. The molecule has 0 bridgehead atoms. The van der Waals surface area contributed by atoms with Gasteiger partial charge in [-0.15, -0.1) is 0 Å². The highest BCUT2D eigenvalue weighted by Gasteiger charge is 2.50. The van der Waals surface area contributed by atoms with E-state index in [4.69, 9.17) is 9.47 Å². The van der Waals surface area contributed by atoms with Crippen LogP contribution in [0.2, 0.25) is 0 Å². The lowest BCUT2D eigenvalue weighted by molar-refractivity contribution is -0.180. The SMILES string of the molecule is CCCCCCC(O)C=CC(=O)OC1C(C)OC(=O)C(C)C(O)C(C)(O)C(O)C1C. The largest absolute Gasteiger partial charge is 0.458 e. The lowest BCUT2D eigenvalue weighted by atomic mass is 9.78. The Labute approximate surface area is 178 Å². The van der Waals surface area contributed by atoms with Crippen LogP contribution in [-0.4, -0.2) is 68.5 Å². The quantitative estimate of drug-likeness (QED) is 0.258. The normalized spacial score (nSPS) is 36.5. The monoisotopic (exact) mass is 430 g/mol. The molecular formula is C22H38O8. The minimum Gasteiger partial charge on any atom is -0.458 e. The number of hydrogen-bond acceptors (Lipinski definition) is 8. The van der Waals surface area contributed by atoms with Gasteiger partial charge in [0.15, 0.2) is 0 Å². The van der Waals surface area contributed by atoms with Crippen molar-refractivity contribution >= 4 is 11.9 Å². The second-order valence-electron chi connectivity index (χ2n) is 8.58. The molecule has 174 valence electrons. The highest BCUT2D eigenvalue weighted by atomic mass is 16.6. The summed E-state index contributed by atoms with van der Waals surface area (Å²) in [6.45, 7) is 7.77. The smallest absolute Gasteiger partial charge is 0.330 e. The van der Waals surface area contributed by atoms with Crippen molar-refractivity contribution in [3.8, 4) is 0 Å². The fourth-order valence-corrected chi connectivity index (χ4v) is 3.75. The van der Waals surface area contributed by atoms with Crippen LogP contribution in [0.15, 0.2) is 12.2 Å². The molecule has 8 atom stereocenters. The Bertz CT molecular complexity index is 588. The van der Waals surface area contributed by atoms with Crippen LogP contribution in [0.4, 0.5) is 0 Å². The molecule has 1 fully saturated rings. The molecule has 0 radical (unpaired) electrons. The van der Waals surface area contributed by atoms with Gasteiger partial charge in [0.05, 0.1) is 24.2 Å². The summed E-state index contributed by atoms with van der Waals surface area (Å²) in [7, 11) is 0. The van der Waals surface area contributed by atoms with Crippen LogP contribution in [0.1, 0.15) is 66.7 Å². The summed E-state index contributed by atoms with van der Waals surface area (Å²) < 4.78 is 10.7. The molecule has 0 aromatic rings. The molecule has 1 heterocycles. The lowest BCUT2D eigenvalue weighted by Gasteiger charge is -2.39. The maximum absolute atomic E-state index is 12.3. The van der Waals surface area contributed by atoms with Crippen molar-refractivity contribution in [3.63, 3.8) is 0 Å². The third-order valence-electron chi connectivity index (χ3n) is 5.88. The van der Waals surface area contributed by atoms with Gasteiger partial charge in [-0.3, -0.25) is 4.79 Å². The van der Waals surface area contributed by atoms with Crippen molar-refractivity contribution < 1.29 is 39.5 Å². The maximum Gasteiger partial charge on any atom is 0.330 e. The standard InChI is InChI=1S/C22H38O8/c1-6-7-8-9-10-16(23)11-12-17(24)30-18-13(2)19(25)22(5,28)20(26)14(3)21(27)29-15(18)4/h11-16,18-20,23,25-26,28H,6-10H2,1-5H3. The Kier molecular flexibility index (Phi) is 10.4. The topological polar surface area (TPSA) is 134 Å². The molecule has 1 rings (SSSR count). The van der Waals surface area contributed by atoms with Crippen LogP contribution >= 0.6 is 0 Å². The molecular weight excluding hydrogens is 392 g/mol. The summed E-state index contributed by atoms with van der Waals surface area (Å²) in [5, 5.41) is 41.6. The van der Waals surface area contributed by atoms with Gasteiger partial charge in [-0.25, -0.2) is 4.79 Å². The van der Waals surface area contributed by atoms with Crippen molar-refractivity contribution in [2.45, 2.75) is 103 Å². The molecule has 1 aliphatic rings. The van der Waals surface area contributed by atoms with Gasteiger partial charge in [0.2, 0.25) is 0 Å². The van der Waals surface area contributed by atoms with Crippen molar-refractivity contribution in [3.05, 3.63) is 12.2 Å². The predicted molar refractivity (Wildman–Crippen MR) is 110 cm³/mol. The first-order chi connectivity index (χ1) is 13.9. The first-order valence-corrected chi connectivity index (χ1v) is 10.8. The summed E-state index contributed by atoms with van der Waals surface area (Å²) in [5.41, 5.74) is -2.02. The van der Waals surface area contributed by atoms with Crippen molar-refractivity contribution in [1.29, 1.82) is 0 Å². The second-order valence-corrected chi connectivity index (χ2v) is 8.58. The molecule has 1 aliphatic heterocycles. The molecule has 0 aromatic carbocycles. The van der Waals surface area contributed by atoms with E-state index in [0.29, 0.717) is 6.42 Å². The number of aliphatic hydroxyl groups excluding tert-OH is 3. The highest BCUT2D eigenvalue weighted by molar-refractivity contribution is 5.82. The average Bonchev–Trinajstić information content (AvgIpc) is 2.71. The summed E-state index contributed by atoms with van der Waals surface area (Å²) in [4.78, 5) is 24.6. The van der Waals surface area contributed by atoms with Gasteiger partial charge in [-0.2, -0.15) is 0 Å². The molecule has 8 unspecified atom stereocenters. The van der Waals surface area contributed by atoms with E-state index in [1.54, 1.807) is 0 Å². The maximum atomic E-state index is 12.3. The van der Waals surface area contributed by atoms with Crippen LogP contribution in [0, 0.1) is 11.8 Å². The van der Waals surface area contributed by atoms with Crippen molar-refractivity contribution in [1.82, 2.24) is 0 Å². The Hall–Kier alpha value is -1.48. The van der Waals surface area contributed by atoms with E-state index < -0.39 is 59.9 Å². The minimum atomic E-state index is -2.02. The number of carbonyl (C=O) groups is 2. The van der Waals surface area contributed by atoms with Gasteiger partial charge in [0.25, 0.3) is 0 Å². The zero-order chi connectivity index (χ0) is 23.1. The van der Waals surface area contributed by atoms with Gasteiger partial charge in [0.1, 0.15) is 17.8 Å². The van der Waals surface area contributed by atoms with E-state index in [2.05, 4.69) is 6.92 Å². The number of unbranched alkanes of at least 4 members (excludes halogenated alkanes) is 3. The van der Waals surface area contributed by atoms with E-state index in [1.165, 1.54) is 33.8 Å². The molecule has 8 nitrogen and oxygen atoms in total. The molecule has 8 heteroatoms. The van der Waals surface area contributed by atoms with E-state index in [9.17, 15) is 30.0 Å². The fourth-order valence-electron chi connectivity index (χ4n) is 3.75. The number of hydrogen-bond donors (Lipinski definition) is 4. The zero-order valence-corrected chi connectivity index (χ0v) is 18.7. The first kappa shape index (κ1) is 26.6.